The SMILES string of the molecule is CON=C1CCn2c(CO)c(I)c(=O)c3cc(F)cc1c32. The first-order valence-electron chi connectivity index (χ1n) is 6.34. The van der Waals surface area contributed by atoms with Gasteiger partial charge in [0.05, 0.1) is 32.5 Å². The molecule has 0 spiro atoms. The molecule has 0 saturated carbocycles. The smallest absolute Gasteiger partial charge is 0.203 e. The van der Waals surface area contributed by atoms with Gasteiger partial charge in [-0.3, -0.25) is 4.79 Å². The van der Waals surface area contributed by atoms with Crippen molar-refractivity contribution in [2.75, 3.05) is 7.11 Å². The molecular weight excluding hydrogens is 390 g/mol. The third-order valence-electron chi connectivity index (χ3n) is 3.60. The summed E-state index contributed by atoms with van der Waals surface area (Å²) in [5.74, 6) is -0.487. The number of benzene rings is 1. The van der Waals surface area contributed by atoms with Crippen LogP contribution in [0.1, 0.15) is 17.7 Å². The van der Waals surface area contributed by atoms with Crippen molar-refractivity contribution in [1.29, 1.82) is 0 Å². The van der Waals surface area contributed by atoms with Gasteiger partial charge in [-0.1, -0.05) is 5.16 Å². The summed E-state index contributed by atoms with van der Waals surface area (Å²) >= 11 is 1.90. The number of halogens is 2. The second-order valence-corrected chi connectivity index (χ2v) is 5.80. The molecule has 1 aliphatic heterocycles. The molecule has 0 radical (unpaired) electrons. The quantitative estimate of drug-likeness (QED) is 0.618. The molecular formula is C14H12FIN2O3. The summed E-state index contributed by atoms with van der Waals surface area (Å²) in [6.45, 7) is 0.320. The number of aryl methyl sites for hydroxylation is 1. The van der Waals surface area contributed by atoms with Gasteiger partial charge in [-0.15, -0.1) is 0 Å². The van der Waals surface area contributed by atoms with Crippen LogP contribution in [-0.4, -0.2) is 22.5 Å². The van der Waals surface area contributed by atoms with Crippen molar-refractivity contribution < 1.29 is 14.3 Å². The number of rotatable bonds is 2. The maximum Gasteiger partial charge on any atom is 0.203 e. The predicted molar refractivity (Wildman–Crippen MR) is 85.0 cm³/mol. The van der Waals surface area contributed by atoms with Crippen molar-refractivity contribution in [2.45, 2.75) is 19.6 Å². The fourth-order valence-electron chi connectivity index (χ4n) is 2.74. The Labute approximate surface area is 133 Å². The van der Waals surface area contributed by atoms with Gasteiger partial charge in [-0.05, 0) is 34.7 Å². The topological polar surface area (TPSA) is 63.8 Å². The monoisotopic (exact) mass is 402 g/mol. The van der Waals surface area contributed by atoms with Gasteiger partial charge in [0.1, 0.15) is 12.9 Å². The Morgan fingerprint density at radius 1 is 1.52 bits per heavy atom. The van der Waals surface area contributed by atoms with E-state index in [4.69, 9.17) is 4.84 Å². The van der Waals surface area contributed by atoms with Gasteiger partial charge >= 0.3 is 0 Å². The van der Waals surface area contributed by atoms with Gasteiger partial charge in [0.15, 0.2) is 0 Å². The van der Waals surface area contributed by atoms with Crippen LogP contribution < -0.4 is 5.43 Å². The van der Waals surface area contributed by atoms with Crippen molar-refractivity contribution in [1.82, 2.24) is 4.57 Å². The van der Waals surface area contributed by atoms with Crippen LogP contribution in [0.4, 0.5) is 4.39 Å². The van der Waals surface area contributed by atoms with Crippen molar-refractivity contribution in [3.05, 3.63) is 43.0 Å². The standard InChI is InChI=1S/C14H12FIN2O3/c1-21-17-10-2-3-18-11(6-19)12(16)14(20)9-5-7(15)4-8(10)13(9)18/h4-5,19H,2-3,6H2,1H3. The van der Waals surface area contributed by atoms with E-state index in [9.17, 15) is 14.3 Å². The fourth-order valence-corrected chi connectivity index (χ4v) is 3.50. The number of pyridine rings is 1. The lowest BCUT2D eigenvalue weighted by Crippen LogP contribution is -2.26. The van der Waals surface area contributed by atoms with E-state index >= 15 is 0 Å². The van der Waals surface area contributed by atoms with E-state index in [1.165, 1.54) is 19.2 Å². The van der Waals surface area contributed by atoms with Crippen LogP contribution in [0.5, 0.6) is 0 Å². The number of oxime groups is 1. The van der Waals surface area contributed by atoms with Crippen molar-refractivity contribution >= 4 is 39.2 Å². The molecule has 0 bridgehead atoms. The van der Waals surface area contributed by atoms with Crippen molar-refractivity contribution in [2.24, 2.45) is 5.16 Å². The zero-order chi connectivity index (χ0) is 15.1. The van der Waals surface area contributed by atoms with E-state index in [1.807, 2.05) is 27.2 Å². The Balaban J connectivity index is 2.53. The molecule has 5 nitrogen and oxygen atoms in total. The summed E-state index contributed by atoms with van der Waals surface area (Å²) in [6.07, 6.45) is 0.547. The zero-order valence-corrected chi connectivity index (χ0v) is 13.3. The molecule has 1 aromatic heterocycles. The number of hydrogen-bond donors (Lipinski definition) is 1. The highest BCUT2D eigenvalue weighted by Gasteiger charge is 2.24. The van der Waals surface area contributed by atoms with Crippen molar-refractivity contribution in [3.63, 3.8) is 0 Å². The number of aliphatic hydroxyl groups is 1. The maximum atomic E-state index is 13.9. The summed E-state index contributed by atoms with van der Waals surface area (Å²) < 4.78 is 16.1. The number of nitrogens with zero attached hydrogens (tertiary/aromatic N) is 2. The highest BCUT2D eigenvalue weighted by atomic mass is 127. The highest BCUT2D eigenvalue weighted by molar-refractivity contribution is 14.1. The molecule has 2 heterocycles. The molecule has 1 aliphatic rings. The van der Waals surface area contributed by atoms with Gasteiger partial charge in [-0.25, -0.2) is 4.39 Å². The molecule has 21 heavy (non-hydrogen) atoms. The Morgan fingerprint density at radius 2 is 2.29 bits per heavy atom. The molecule has 1 N–H and O–H groups in total. The molecule has 7 heteroatoms. The second-order valence-electron chi connectivity index (χ2n) is 4.72. The van der Waals surface area contributed by atoms with E-state index < -0.39 is 5.82 Å². The van der Waals surface area contributed by atoms with Crippen LogP contribution in [0.25, 0.3) is 10.9 Å². The van der Waals surface area contributed by atoms with Gasteiger partial charge in [0, 0.05) is 18.5 Å². The van der Waals surface area contributed by atoms with Crippen LogP contribution in [-0.2, 0) is 18.0 Å². The van der Waals surface area contributed by atoms with E-state index in [-0.39, 0.29) is 12.0 Å². The molecule has 2 aromatic rings. The highest BCUT2D eigenvalue weighted by Crippen LogP contribution is 2.28. The van der Waals surface area contributed by atoms with E-state index in [1.54, 1.807) is 0 Å². The summed E-state index contributed by atoms with van der Waals surface area (Å²) in [6, 6.07) is 2.58. The van der Waals surface area contributed by atoms with Crippen LogP contribution in [0.15, 0.2) is 22.1 Å². The maximum absolute atomic E-state index is 13.9. The van der Waals surface area contributed by atoms with Crippen molar-refractivity contribution in [3.8, 4) is 0 Å². The summed E-state index contributed by atoms with van der Waals surface area (Å²) in [5.41, 5.74) is 2.03. The lowest BCUT2D eigenvalue weighted by Gasteiger charge is -2.24. The first-order chi connectivity index (χ1) is 10.1. The number of aromatic nitrogens is 1. The van der Waals surface area contributed by atoms with E-state index in [2.05, 4.69) is 5.16 Å². The third-order valence-corrected chi connectivity index (χ3v) is 4.71. The van der Waals surface area contributed by atoms with Gasteiger partial charge in [0.25, 0.3) is 0 Å². The Morgan fingerprint density at radius 3 is 2.95 bits per heavy atom. The fraction of sp³-hybridized carbons (Fsp3) is 0.286. The molecule has 1 aromatic carbocycles. The molecule has 0 fully saturated rings. The predicted octanol–water partition coefficient (Wildman–Crippen LogP) is 1.99. The lowest BCUT2D eigenvalue weighted by atomic mass is 9.98. The largest absolute Gasteiger partial charge is 0.399 e. The number of aliphatic hydroxyl groups excluding tert-OH is 1. The van der Waals surface area contributed by atoms with Gasteiger partial charge in [-0.2, -0.15) is 0 Å². The molecule has 3 rings (SSSR count). The molecule has 110 valence electrons. The molecule has 0 unspecified atom stereocenters. The van der Waals surface area contributed by atoms with E-state index in [0.717, 1.165) is 0 Å². The minimum atomic E-state index is -0.487. The molecule has 0 atom stereocenters. The average molecular weight is 402 g/mol. The summed E-state index contributed by atoms with van der Waals surface area (Å²) in [4.78, 5) is 17.2. The Kier molecular flexibility index (Phi) is 3.70. The van der Waals surface area contributed by atoms with Gasteiger partial charge < -0.3 is 14.5 Å². The number of hydrogen-bond acceptors (Lipinski definition) is 4. The molecule has 0 amide bonds. The van der Waals surface area contributed by atoms with E-state index in [0.29, 0.717) is 44.4 Å². The Bertz CT molecular complexity index is 829. The minimum Gasteiger partial charge on any atom is -0.399 e. The Hall–Kier alpha value is -1.48. The summed E-state index contributed by atoms with van der Waals surface area (Å²) in [5, 5.41) is 13.8. The minimum absolute atomic E-state index is 0.239. The average Bonchev–Trinajstić information content (AvgIpc) is 2.47. The first-order valence-corrected chi connectivity index (χ1v) is 7.42. The zero-order valence-electron chi connectivity index (χ0n) is 11.2. The van der Waals surface area contributed by atoms with Gasteiger partial charge in [0.2, 0.25) is 5.43 Å². The normalized spacial score (nSPS) is 15.7. The lowest BCUT2D eigenvalue weighted by molar-refractivity contribution is 0.212. The first kappa shape index (κ1) is 14.5. The van der Waals surface area contributed by atoms with Crippen LogP contribution in [0.3, 0.4) is 0 Å². The second kappa shape index (κ2) is 5.38. The third kappa shape index (κ3) is 2.15. The van der Waals surface area contributed by atoms with Crippen LogP contribution in [0, 0.1) is 9.39 Å². The summed E-state index contributed by atoms with van der Waals surface area (Å²) in [7, 11) is 1.43. The molecule has 0 aliphatic carbocycles. The molecule has 0 saturated heterocycles. The van der Waals surface area contributed by atoms with Crippen LogP contribution >= 0.6 is 22.6 Å². The van der Waals surface area contributed by atoms with Crippen LogP contribution in [0.2, 0.25) is 0 Å².